The Morgan fingerprint density at radius 3 is 2.63 bits per heavy atom. The van der Waals surface area contributed by atoms with Crippen LogP contribution in [0.3, 0.4) is 0 Å². The Hall–Kier alpha value is -3.70. The third-order valence-electron chi connectivity index (χ3n) is 3.80. The summed E-state index contributed by atoms with van der Waals surface area (Å²) in [7, 11) is 1.50. The highest BCUT2D eigenvalue weighted by Crippen LogP contribution is 2.29. The molecule has 1 amide bonds. The Bertz CT molecular complexity index is 962. The van der Waals surface area contributed by atoms with Crippen LogP contribution >= 0.6 is 0 Å². The first-order valence-corrected chi connectivity index (χ1v) is 8.23. The number of hydrogen-bond acceptors (Lipinski definition) is 4. The minimum absolute atomic E-state index is 0.0191. The van der Waals surface area contributed by atoms with Gasteiger partial charge in [0.1, 0.15) is 18.2 Å². The Morgan fingerprint density at radius 2 is 2.00 bits per heavy atom. The lowest BCUT2D eigenvalue weighted by atomic mass is 10.1. The number of rotatable bonds is 6. The molecule has 2 aromatic rings. The second-order valence-electron chi connectivity index (χ2n) is 5.85. The molecule has 5 heteroatoms. The van der Waals surface area contributed by atoms with Gasteiger partial charge in [-0.1, -0.05) is 29.7 Å². The highest BCUT2D eigenvalue weighted by atomic mass is 16.5. The minimum Gasteiger partial charge on any atom is -0.493 e. The summed E-state index contributed by atoms with van der Waals surface area (Å²) in [6.45, 7) is 4.00. The van der Waals surface area contributed by atoms with Crippen LogP contribution in [0.2, 0.25) is 0 Å². The van der Waals surface area contributed by atoms with E-state index in [2.05, 4.69) is 11.2 Å². The molecule has 0 fully saturated rings. The van der Waals surface area contributed by atoms with Gasteiger partial charge in [-0.15, -0.1) is 6.42 Å². The molecular formula is C22H20N2O3. The molecule has 0 radical (unpaired) electrons. The number of carbonyl (C=O) groups is 1. The Balaban J connectivity index is 2.25. The maximum Gasteiger partial charge on any atom is 0.266 e. The van der Waals surface area contributed by atoms with Crippen molar-refractivity contribution in [3.8, 4) is 29.9 Å². The van der Waals surface area contributed by atoms with E-state index in [0.29, 0.717) is 22.7 Å². The van der Waals surface area contributed by atoms with E-state index >= 15 is 0 Å². The maximum atomic E-state index is 12.5. The Morgan fingerprint density at radius 1 is 1.22 bits per heavy atom. The fourth-order valence-corrected chi connectivity index (χ4v) is 2.47. The highest BCUT2D eigenvalue weighted by Gasteiger charge is 2.12. The number of terminal acetylenes is 1. The van der Waals surface area contributed by atoms with Crippen LogP contribution in [0, 0.1) is 37.5 Å². The molecule has 2 aromatic carbocycles. The van der Waals surface area contributed by atoms with E-state index in [9.17, 15) is 10.1 Å². The summed E-state index contributed by atoms with van der Waals surface area (Å²) in [5.41, 5.74) is 3.31. The van der Waals surface area contributed by atoms with E-state index in [1.807, 2.05) is 38.1 Å². The van der Waals surface area contributed by atoms with Gasteiger partial charge in [0.05, 0.1) is 7.11 Å². The summed E-state index contributed by atoms with van der Waals surface area (Å²) < 4.78 is 10.7. The zero-order valence-corrected chi connectivity index (χ0v) is 15.5. The van der Waals surface area contributed by atoms with Crippen molar-refractivity contribution in [3.63, 3.8) is 0 Å². The summed E-state index contributed by atoms with van der Waals surface area (Å²) >= 11 is 0. The third kappa shape index (κ3) is 5.14. The fourth-order valence-electron chi connectivity index (χ4n) is 2.47. The van der Waals surface area contributed by atoms with Gasteiger partial charge in [0.2, 0.25) is 0 Å². The van der Waals surface area contributed by atoms with E-state index in [0.717, 1.165) is 11.1 Å². The molecule has 5 nitrogen and oxygen atoms in total. The van der Waals surface area contributed by atoms with Crippen molar-refractivity contribution < 1.29 is 14.3 Å². The van der Waals surface area contributed by atoms with Crippen molar-refractivity contribution in [2.75, 3.05) is 19.0 Å². The van der Waals surface area contributed by atoms with Gasteiger partial charge in [0.15, 0.2) is 11.5 Å². The average molecular weight is 360 g/mol. The molecule has 1 N–H and O–H groups in total. The average Bonchev–Trinajstić information content (AvgIpc) is 2.66. The normalized spacial score (nSPS) is 10.5. The number of ether oxygens (including phenoxy) is 2. The predicted molar refractivity (Wildman–Crippen MR) is 105 cm³/mol. The lowest BCUT2D eigenvalue weighted by Gasteiger charge is -2.10. The molecular weight excluding hydrogens is 340 g/mol. The van der Waals surface area contributed by atoms with Crippen LogP contribution in [0.5, 0.6) is 11.5 Å². The van der Waals surface area contributed by atoms with Crippen molar-refractivity contribution in [2.45, 2.75) is 13.8 Å². The molecule has 0 aromatic heterocycles. The zero-order valence-electron chi connectivity index (χ0n) is 15.5. The summed E-state index contributed by atoms with van der Waals surface area (Å²) in [4.78, 5) is 12.5. The van der Waals surface area contributed by atoms with E-state index in [1.54, 1.807) is 18.2 Å². The van der Waals surface area contributed by atoms with Crippen LogP contribution in [-0.4, -0.2) is 19.6 Å². The fraction of sp³-hybridized carbons (Fsp3) is 0.182. The monoisotopic (exact) mass is 360 g/mol. The topological polar surface area (TPSA) is 71.3 Å². The molecule has 27 heavy (non-hydrogen) atoms. The second-order valence-corrected chi connectivity index (χ2v) is 5.85. The first-order valence-electron chi connectivity index (χ1n) is 8.23. The van der Waals surface area contributed by atoms with Crippen LogP contribution in [0.1, 0.15) is 16.7 Å². The summed E-state index contributed by atoms with van der Waals surface area (Å²) in [5, 5.41) is 12.2. The number of hydrogen-bond donors (Lipinski definition) is 1. The van der Waals surface area contributed by atoms with Crippen LogP contribution < -0.4 is 14.8 Å². The van der Waals surface area contributed by atoms with E-state index in [1.165, 1.54) is 13.2 Å². The van der Waals surface area contributed by atoms with Gasteiger partial charge in [-0.25, -0.2) is 0 Å². The number of nitriles is 1. The molecule has 0 bridgehead atoms. The van der Waals surface area contributed by atoms with Crippen molar-refractivity contribution in [1.82, 2.24) is 0 Å². The largest absolute Gasteiger partial charge is 0.493 e. The molecule has 2 rings (SSSR count). The summed E-state index contributed by atoms with van der Waals surface area (Å²) in [6.07, 6.45) is 6.68. The first kappa shape index (κ1) is 19.6. The summed E-state index contributed by atoms with van der Waals surface area (Å²) in [5.74, 6) is 2.86. The third-order valence-corrected chi connectivity index (χ3v) is 3.80. The number of aryl methyl sites for hydroxylation is 2. The number of carbonyl (C=O) groups excluding carboxylic acids is 1. The van der Waals surface area contributed by atoms with E-state index in [4.69, 9.17) is 15.9 Å². The molecule has 0 spiro atoms. The number of amides is 1. The molecule has 0 unspecified atom stereocenters. The van der Waals surface area contributed by atoms with Gasteiger partial charge in [-0.3, -0.25) is 4.79 Å². The van der Waals surface area contributed by atoms with Gasteiger partial charge < -0.3 is 14.8 Å². The number of nitrogens with one attached hydrogen (secondary N) is 1. The Kier molecular flexibility index (Phi) is 6.63. The quantitative estimate of drug-likeness (QED) is 0.482. The van der Waals surface area contributed by atoms with E-state index < -0.39 is 5.91 Å². The highest BCUT2D eigenvalue weighted by molar-refractivity contribution is 6.10. The van der Waals surface area contributed by atoms with Crippen molar-refractivity contribution in [1.29, 1.82) is 5.26 Å². The predicted octanol–water partition coefficient (Wildman–Crippen LogP) is 3.87. The second kappa shape index (κ2) is 9.12. The van der Waals surface area contributed by atoms with Crippen LogP contribution in [-0.2, 0) is 4.79 Å². The van der Waals surface area contributed by atoms with Gasteiger partial charge in [0.25, 0.3) is 5.91 Å². The molecule has 0 heterocycles. The standard InChI is InChI=1S/C22H20N2O3/c1-5-10-27-20-9-7-17(13-21(20)26-4)12-18(14-23)22(25)24-19-8-6-15(2)11-16(19)3/h1,6-9,11-13H,10H2,2-4H3,(H,24,25)/b18-12+. The van der Waals surface area contributed by atoms with Crippen molar-refractivity contribution in [3.05, 3.63) is 58.7 Å². The lowest BCUT2D eigenvalue weighted by Crippen LogP contribution is -2.14. The first-order chi connectivity index (χ1) is 13.0. The van der Waals surface area contributed by atoms with Crippen LogP contribution in [0.4, 0.5) is 5.69 Å². The SMILES string of the molecule is C#CCOc1ccc(/C=C(\C#N)C(=O)Nc2ccc(C)cc2C)cc1OC. The van der Waals surface area contributed by atoms with Gasteiger partial charge >= 0.3 is 0 Å². The molecule has 0 aliphatic rings. The zero-order chi connectivity index (χ0) is 19.8. The van der Waals surface area contributed by atoms with Gasteiger partial charge in [0, 0.05) is 5.69 Å². The van der Waals surface area contributed by atoms with Crippen LogP contribution in [0.15, 0.2) is 42.0 Å². The molecule has 136 valence electrons. The van der Waals surface area contributed by atoms with E-state index in [-0.39, 0.29) is 12.2 Å². The molecule has 0 atom stereocenters. The number of methoxy groups -OCH3 is 1. The van der Waals surface area contributed by atoms with Gasteiger partial charge in [-0.2, -0.15) is 5.26 Å². The number of benzene rings is 2. The van der Waals surface area contributed by atoms with Gasteiger partial charge in [-0.05, 0) is 49.2 Å². The Labute approximate surface area is 159 Å². The number of anilines is 1. The van der Waals surface area contributed by atoms with Crippen molar-refractivity contribution in [2.24, 2.45) is 0 Å². The molecule has 0 saturated heterocycles. The maximum absolute atomic E-state index is 12.5. The van der Waals surface area contributed by atoms with Crippen molar-refractivity contribution >= 4 is 17.7 Å². The molecule has 0 aliphatic carbocycles. The molecule has 0 aliphatic heterocycles. The lowest BCUT2D eigenvalue weighted by molar-refractivity contribution is -0.112. The number of nitrogens with zero attached hydrogens (tertiary/aromatic N) is 1. The summed E-state index contributed by atoms with van der Waals surface area (Å²) in [6, 6.07) is 12.7. The smallest absolute Gasteiger partial charge is 0.266 e. The van der Waals surface area contributed by atoms with Crippen LogP contribution in [0.25, 0.3) is 6.08 Å². The minimum atomic E-state index is -0.476. The molecule has 0 saturated carbocycles.